The predicted octanol–water partition coefficient (Wildman–Crippen LogP) is 3.65. The summed E-state index contributed by atoms with van der Waals surface area (Å²) in [4.78, 5) is 12.5. The number of furan rings is 1. The molecule has 3 rings (SSSR count). The Morgan fingerprint density at radius 3 is 2.55 bits per heavy atom. The Balaban J connectivity index is 2.03. The molecule has 3 aromatic rings. The average molecular weight is 297 g/mol. The fourth-order valence-corrected chi connectivity index (χ4v) is 2.91. The van der Waals surface area contributed by atoms with Gasteiger partial charge in [-0.1, -0.05) is 6.07 Å². The molecule has 0 spiro atoms. The number of rotatable bonds is 2. The first-order chi connectivity index (χ1) is 10.4. The molecule has 0 saturated carbocycles. The second-order valence-electron chi connectivity index (χ2n) is 5.76. The maximum atomic E-state index is 12.5. The Kier molecular flexibility index (Phi) is 3.28. The molecule has 5 heteroatoms. The van der Waals surface area contributed by atoms with Crippen LogP contribution in [0.2, 0.25) is 0 Å². The van der Waals surface area contributed by atoms with Crippen molar-refractivity contribution in [1.82, 2.24) is 9.78 Å². The van der Waals surface area contributed by atoms with Gasteiger partial charge in [0, 0.05) is 24.1 Å². The Morgan fingerprint density at radius 1 is 1.18 bits per heavy atom. The predicted molar refractivity (Wildman–Crippen MR) is 86.3 cm³/mol. The molecule has 114 valence electrons. The molecule has 1 N–H and O–H groups in total. The lowest BCUT2D eigenvalue weighted by Gasteiger charge is -2.03. The lowest BCUT2D eigenvalue weighted by atomic mass is 10.0. The van der Waals surface area contributed by atoms with Crippen LogP contribution in [0.15, 0.2) is 22.6 Å². The van der Waals surface area contributed by atoms with Crippen molar-refractivity contribution in [1.29, 1.82) is 0 Å². The van der Waals surface area contributed by atoms with Gasteiger partial charge in [-0.25, -0.2) is 0 Å². The summed E-state index contributed by atoms with van der Waals surface area (Å²) in [6, 6.07) is 5.88. The van der Waals surface area contributed by atoms with Crippen LogP contribution in [0.3, 0.4) is 0 Å². The highest BCUT2D eigenvalue weighted by Gasteiger charge is 2.20. The first-order valence-corrected chi connectivity index (χ1v) is 7.19. The summed E-state index contributed by atoms with van der Waals surface area (Å²) in [6.45, 7) is 7.85. The van der Waals surface area contributed by atoms with E-state index in [1.807, 2.05) is 39.8 Å². The van der Waals surface area contributed by atoms with Gasteiger partial charge in [0.15, 0.2) is 5.76 Å². The Labute approximate surface area is 128 Å². The number of anilines is 1. The minimum Gasteiger partial charge on any atom is -0.451 e. The largest absolute Gasteiger partial charge is 0.451 e. The highest BCUT2D eigenvalue weighted by atomic mass is 16.3. The van der Waals surface area contributed by atoms with Gasteiger partial charge < -0.3 is 9.73 Å². The van der Waals surface area contributed by atoms with Gasteiger partial charge in [-0.2, -0.15) is 5.10 Å². The number of amides is 1. The summed E-state index contributed by atoms with van der Waals surface area (Å²) in [6.07, 6.45) is 0. The third-order valence-electron chi connectivity index (χ3n) is 3.82. The highest BCUT2D eigenvalue weighted by molar-refractivity contribution is 6.06. The van der Waals surface area contributed by atoms with Crippen LogP contribution in [0.4, 0.5) is 5.82 Å². The van der Waals surface area contributed by atoms with E-state index in [9.17, 15) is 4.79 Å². The van der Waals surface area contributed by atoms with Crippen LogP contribution < -0.4 is 5.32 Å². The molecule has 22 heavy (non-hydrogen) atoms. The van der Waals surface area contributed by atoms with Gasteiger partial charge >= 0.3 is 0 Å². The summed E-state index contributed by atoms with van der Waals surface area (Å²) in [5.41, 5.74) is 4.70. The van der Waals surface area contributed by atoms with E-state index in [2.05, 4.69) is 16.5 Å². The van der Waals surface area contributed by atoms with Crippen LogP contribution in [-0.2, 0) is 7.05 Å². The molecule has 1 aromatic carbocycles. The number of hydrogen-bond acceptors (Lipinski definition) is 3. The monoisotopic (exact) mass is 297 g/mol. The number of nitrogens with one attached hydrogen (secondary N) is 1. The quantitative estimate of drug-likeness (QED) is 0.785. The molecule has 0 fully saturated rings. The second kappa shape index (κ2) is 5.02. The van der Waals surface area contributed by atoms with E-state index in [-0.39, 0.29) is 5.91 Å². The zero-order valence-electron chi connectivity index (χ0n) is 13.4. The number of aromatic nitrogens is 2. The van der Waals surface area contributed by atoms with Gasteiger partial charge in [0.25, 0.3) is 5.91 Å². The summed E-state index contributed by atoms with van der Waals surface area (Å²) >= 11 is 0. The van der Waals surface area contributed by atoms with Crippen LogP contribution in [-0.4, -0.2) is 15.7 Å². The molecule has 0 unspecified atom stereocenters. The summed E-state index contributed by atoms with van der Waals surface area (Å²) < 4.78 is 7.44. The van der Waals surface area contributed by atoms with E-state index < -0.39 is 0 Å². The summed E-state index contributed by atoms with van der Waals surface area (Å²) in [7, 11) is 1.79. The minimum absolute atomic E-state index is 0.256. The first-order valence-electron chi connectivity index (χ1n) is 7.19. The highest BCUT2D eigenvalue weighted by Crippen LogP contribution is 2.29. The normalized spacial score (nSPS) is 11.1. The van der Waals surface area contributed by atoms with E-state index in [1.54, 1.807) is 11.7 Å². The zero-order chi connectivity index (χ0) is 16.0. The summed E-state index contributed by atoms with van der Waals surface area (Å²) in [5, 5.41) is 8.08. The molecule has 2 heterocycles. The topological polar surface area (TPSA) is 60.1 Å². The van der Waals surface area contributed by atoms with Crippen molar-refractivity contribution < 1.29 is 9.21 Å². The molecule has 0 aliphatic heterocycles. The van der Waals surface area contributed by atoms with Crippen molar-refractivity contribution in [3.05, 3.63) is 46.3 Å². The minimum atomic E-state index is -0.256. The molecule has 0 aliphatic carbocycles. The van der Waals surface area contributed by atoms with Crippen molar-refractivity contribution in [2.45, 2.75) is 27.7 Å². The van der Waals surface area contributed by atoms with Crippen molar-refractivity contribution in [3.8, 4) is 0 Å². The average Bonchev–Trinajstić information content (AvgIpc) is 2.90. The van der Waals surface area contributed by atoms with E-state index in [4.69, 9.17) is 4.42 Å². The number of nitrogens with zero attached hydrogens (tertiary/aromatic N) is 2. The number of fused-ring (bicyclic) bond motifs is 1. The second-order valence-corrected chi connectivity index (χ2v) is 5.76. The van der Waals surface area contributed by atoms with Gasteiger partial charge in [-0.05, 0) is 44.9 Å². The van der Waals surface area contributed by atoms with Crippen LogP contribution in [0.1, 0.15) is 32.9 Å². The number of hydrogen-bond donors (Lipinski definition) is 1. The number of carbonyl (C=O) groups excluding carboxylic acids is 1. The Morgan fingerprint density at radius 2 is 1.91 bits per heavy atom. The van der Waals surface area contributed by atoms with Crippen molar-refractivity contribution in [2.24, 2.45) is 7.05 Å². The van der Waals surface area contributed by atoms with Crippen molar-refractivity contribution in [2.75, 3.05) is 5.32 Å². The van der Waals surface area contributed by atoms with Crippen LogP contribution in [0.5, 0.6) is 0 Å². The Bertz CT molecular complexity index is 887. The van der Waals surface area contributed by atoms with Gasteiger partial charge in [0.05, 0.1) is 5.69 Å². The lowest BCUT2D eigenvalue weighted by molar-refractivity contribution is 0.0997. The fraction of sp³-hybridized carbons (Fsp3) is 0.294. The SMILES string of the molecule is Cc1cc(C)c2c(C)c(C(=O)Nc3cc(C)nn3C)oc2c1. The Hall–Kier alpha value is -2.56. The van der Waals surface area contributed by atoms with E-state index in [0.717, 1.165) is 33.4 Å². The van der Waals surface area contributed by atoms with Crippen LogP contribution >= 0.6 is 0 Å². The standard InChI is InChI=1S/C17H19N3O2/c1-9-6-10(2)15-12(4)16(22-13(15)7-9)17(21)18-14-8-11(3)19-20(14)5/h6-8H,1-5H3,(H,18,21). The molecule has 0 radical (unpaired) electrons. The third-order valence-corrected chi connectivity index (χ3v) is 3.82. The molecule has 0 atom stereocenters. The van der Waals surface area contributed by atoms with Gasteiger partial charge in [0.2, 0.25) is 0 Å². The van der Waals surface area contributed by atoms with E-state index in [1.165, 1.54) is 0 Å². The van der Waals surface area contributed by atoms with E-state index >= 15 is 0 Å². The third kappa shape index (κ3) is 2.28. The van der Waals surface area contributed by atoms with Gasteiger partial charge in [0.1, 0.15) is 11.4 Å². The molecule has 0 bridgehead atoms. The maximum absolute atomic E-state index is 12.5. The van der Waals surface area contributed by atoms with Gasteiger partial charge in [-0.3, -0.25) is 9.48 Å². The molecule has 0 saturated heterocycles. The van der Waals surface area contributed by atoms with Crippen molar-refractivity contribution in [3.63, 3.8) is 0 Å². The number of benzene rings is 1. The zero-order valence-corrected chi connectivity index (χ0v) is 13.4. The van der Waals surface area contributed by atoms with Crippen LogP contribution in [0, 0.1) is 27.7 Å². The molecular weight excluding hydrogens is 278 g/mol. The molecular formula is C17H19N3O2. The smallest absolute Gasteiger partial charge is 0.292 e. The molecule has 0 aliphatic rings. The molecule has 2 aromatic heterocycles. The number of aryl methyl sites for hydroxylation is 5. The van der Waals surface area contributed by atoms with Crippen molar-refractivity contribution >= 4 is 22.7 Å². The van der Waals surface area contributed by atoms with Crippen LogP contribution in [0.25, 0.3) is 11.0 Å². The molecule has 5 nitrogen and oxygen atoms in total. The maximum Gasteiger partial charge on any atom is 0.292 e. The molecule has 1 amide bonds. The summed E-state index contributed by atoms with van der Waals surface area (Å²) in [5.74, 6) is 0.742. The van der Waals surface area contributed by atoms with E-state index in [0.29, 0.717) is 11.6 Å². The first kappa shape index (κ1) is 14.4. The number of carbonyl (C=O) groups is 1. The van der Waals surface area contributed by atoms with Gasteiger partial charge in [-0.15, -0.1) is 0 Å². The fourth-order valence-electron chi connectivity index (χ4n) is 2.91. The lowest BCUT2D eigenvalue weighted by Crippen LogP contribution is -2.14.